The lowest BCUT2D eigenvalue weighted by Crippen LogP contribution is -2.32. The Bertz CT molecular complexity index is 370. The van der Waals surface area contributed by atoms with E-state index in [1.807, 2.05) is 6.07 Å². The molecule has 0 aliphatic carbocycles. The number of fused-ring (bicyclic) bond motifs is 1. The minimum absolute atomic E-state index is 0.150. The molecule has 1 aliphatic heterocycles. The van der Waals surface area contributed by atoms with Crippen molar-refractivity contribution in [2.45, 2.75) is 6.42 Å². The Hall–Kier alpha value is -1.13. The number of hydrogen-bond donors (Lipinski definition) is 1. The quantitative estimate of drug-likeness (QED) is 0.759. The van der Waals surface area contributed by atoms with E-state index in [0.29, 0.717) is 0 Å². The average Bonchev–Trinajstić information content (AvgIpc) is 2.72. The Morgan fingerprint density at radius 3 is 3.12 bits per heavy atom. The van der Waals surface area contributed by atoms with Gasteiger partial charge in [0.05, 0.1) is 6.61 Å². The molecule has 1 N–H and O–H groups in total. The van der Waals surface area contributed by atoms with Gasteiger partial charge in [0.1, 0.15) is 5.82 Å². The van der Waals surface area contributed by atoms with Crippen LogP contribution in [0.2, 0.25) is 0 Å². The molecule has 0 saturated carbocycles. The predicted molar refractivity (Wildman–Crippen MR) is 67.1 cm³/mol. The van der Waals surface area contributed by atoms with Crippen LogP contribution in [0.15, 0.2) is 18.2 Å². The molecule has 1 aliphatic rings. The van der Waals surface area contributed by atoms with Crippen molar-refractivity contribution in [3.63, 3.8) is 0 Å². The third kappa shape index (κ3) is 3.17. The molecule has 2 rings (SSSR count). The summed E-state index contributed by atoms with van der Waals surface area (Å²) < 4.78 is 18.1. The maximum absolute atomic E-state index is 13.2. The normalized spacial score (nSPS) is 14.1. The number of nitrogens with zero attached hydrogens (tertiary/aromatic N) is 1. The fourth-order valence-corrected chi connectivity index (χ4v) is 2.16. The van der Waals surface area contributed by atoms with Crippen LogP contribution in [0.5, 0.6) is 0 Å². The van der Waals surface area contributed by atoms with E-state index in [0.717, 1.165) is 44.9 Å². The topological polar surface area (TPSA) is 24.5 Å². The number of halogens is 1. The van der Waals surface area contributed by atoms with E-state index >= 15 is 0 Å². The second-order valence-corrected chi connectivity index (χ2v) is 4.25. The third-order valence-electron chi connectivity index (χ3n) is 3.08. The second kappa shape index (κ2) is 5.98. The fourth-order valence-electron chi connectivity index (χ4n) is 2.16. The van der Waals surface area contributed by atoms with Crippen molar-refractivity contribution in [2.24, 2.45) is 0 Å². The summed E-state index contributed by atoms with van der Waals surface area (Å²) in [4.78, 5) is 2.23. The van der Waals surface area contributed by atoms with Crippen molar-refractivity contribution in [2.75, 3.05) is 44.8 Å². The zero-order valence-electron chi connectivity index (χ0n) is 10.2. The van der Waals surface area contributed by atoms with Gasteiger partial charge in [-0.2, -0.15) is 0 Å². The number of anilines is 1. The molecular weight excluding hydrogens is 219 g/mol. The summed E-state index contributed by atoms with van der Waals surface area (Å²) in [5.74, 6) is -0.150. The van der Waals surface area contributed by atoms with E-state index in [4.69, 9.17) is 4.74 Å². The molecule has 1 heterocycles. The Labute approximate surface area is 102 Å². The summed E-state index contributed by atoms with van der Waals surface area (Å²) in [5.41, 5.74) is 2.31. The van der Waals surface area contributed by atoms with Crippen LogP contribution in [-0.4, -0.2) is 39.9 Å². The summed E-state index contributed by atoms with van der Waals surface area (Å²) in [6.45, 7) is 4.40. The van der Waals surface area contributed by atoms with Crippen molar-refractivity contribution in [3.05, 3.63) is 29.6 Å². The molecule has 0 saturated heterocycles. The Kier molecular flexibility index (Phi) is 4.34. The summed E-state index contributed by atoms with van der Waals surface area (Å²) >= 11 is 0. The van der Waals surface area contributed by atoms with Gasteiger partial charge in [0.25, 0.3) is 0 Å². The van der Waals surface area contributed by atoms with E-state index in [2.05, 4.69) is 10.2 Å². The van der Waals surface area contributed by atoms with Crippen LogP contribution in [0.1, 0.15) is 5.56 Å². The highest BCUT2D eigenvalue weighted by Crippen LogP contribution is 2.27. The molecule has 0 amide bonds. The molecule has 4 heteroatoms. The van der Waals surface area contributed by atoms with Gasteiger partial charge in [-0.25, -0.2) is 4.39 Å². The van der Waals surface area contributed by atoms with E-state index in [1.54, 1.807) is 19.2 Å². The molecule has 0 aromatic heterocycles. The summed E-state index contributed by atoms with van der Waals surface area (Å²) in [7, 11) is 1.70. The van der Waals surface area contributed by atoms with Crippen LogP contribution in [-0.2, 0) is 11.2 Å². The van der Waals surface area contributed by atoms with Crippen molar-refractivity contribution in [1.82, 2.24) is 5.32 Å². The first-order valence-electron chi connectivity index (χ1n) is 6.04. The van der Waals surface area contributed by atoms with Crippen LogP contribution >= 0.6 is 0 Å². The van der Waals surface area contributed by atoms with Gasteiger partial charge in [0.15, 0.2) is 0 Å². The number of methoxy groups -OCH3 is 1. The SMILES string of the molecule is COCCNCCN1CCc2ccc(F)cc21. The van der Waals surface area contributed by atoms with Crippen molar-refractivity contribution < 1.29 is 9.13 Å². The van der Waals surface area contributed by atoms with E-state index < -0.39 is 0 Å². The van der Waals surface area contributed by atoms with E-state index in [-0.39, 0.29) is 5.82 Å². The van der Waals surface area contributed by atoms with Crippen molar-refractivity contribution >= 4 is 5.69 Å². The molecule has 3 nitrogen and oxygen atoms in total. The minimum atomic E-state index is -0.150. The number of ether oxygens (including phenoxy) is 1. The van der Waals surface area contributed by atoms with Gasteiger partial charge < -0.3 is 15.0 Å². The first kappa shape index (κ1) is 12.3. The van der Waals surface area contributed by atoms with Gasteiger partial charge in [-0.15, -0.1) is 0 Å². The molecule has 0 unspecified atom stereocenters. The highest BCUT2D eigenvalue weighted by Gasteiger charge is 2.18. The van der Waals surface area contributed by atoms with Crippen LogP contribution in [0, 0.1) is 5.82 Å². The molecular formula is C13H19FN2O. The number of hydrogen-bond acceptors (Lipinski definition) is 3. The Morgan fingerprint density at radius 1 is 1.41 bits per heavy atom. The monoisotopic (exact) mass is 238 g/mol. The van der Waals surface area contributed by atoms with Gasteiger partial charge in [-0.1, -0.05) is 6.07 Å². The molecule has 94 valence electrons. The van der Waals surface area contributed by atoms with Crippen LogP contribution < -0.4 is 10.2 Å². The van der Waals surface area contributed by atoms with Gasteiger partial charge in [-0.05, 0) is 24.1 Å². The fraction of sp³-hybridized carbons (Fsp3) is 0.538. The van der Waals surface area contributed by atoms with Crippen LogP contribution in [0.4, 0.5) is 10.1 Å². The Morgan fingerprint density at radius 2 is 2.29 bits per heavy atom. The van der Waals surface area contributed by atoms with Crippen molar-refractivity contribution in [1.29, 1.82) is 0 Å². The molecule has 0 spiro atoms. The third-order valence-corrected chi connectivity index (χ3v) is 3.08. The van der Waals surface area contributed by atoms with Crippen LogP contribution in [0.3, 0.4) is 0 Å². The second-order valence-electron chi connectivity index (χ2n) is 4.25. The molecule has 0 bridgehead atoms. The average molecular weight is 238 g/mol. The number of nitrogens with one attached hydrogen (secondary N) is 1. The van der Waals surface area contributed by atoms with Gasteiger partial charge in [0.2, 0.25) is 0 Å². The number of benzene rings is 1. The molecule has 1 aromatic rings. The molecule has 0 radical (unpaired) electrons. The molecule has 1 aromatic carbocycles. The lowest BCUT2D eigenvalue weighted by Gasteiger charge is -2.19. The summed E-state index contributed by atoms with van der Waals surface area (Å²) in [6.07, 6.45) is 1.02. The van der Waals surface area contributed by atoms with E-state index in [9.17, 15) is 4.39 Å². The van der Waals surface area contributed by atoms with Crippen molar-refractivity contribution in [3.8, 4) is 0 Å². The van der Waals surface area contributed by atoms with Crippen LogP contribution in [0.25, 0.3) is 0 Å². The first-order chi connectivity index (χ1) is 8.31. The predicted octanol–water partition coefficient (Wildman–Crippen LogP) is 1.42. The van der Waals surface area contributed by atoms with E-state index in [1.165, 1.54) is 5.56 Å². The summed E-state index contributed by atoms with van der Waals surface area (Å²) in [6, 6.07) is 5.07. The van der Waals surface area contributed by atoms with Gasteiger partial charge >= 0.3 is 0 Å². The molecule has 0 fully saturated rings. The number of rotatable bonds is 6. The lowest BCUT2D eigenvalue weighted by atomic mass is 10.2. The highest BCUT2D eigenvalue weighted by molar-refractivity contribution is 5.58. The zero-order valence-corrected chi connectivity index (χ0v) is 10.2. The maximum atomic E-state index is 13.2. The standard InChI is InChI=1S/C13H19FN2O/c1-17-9-6-15-5-8-16-7-4-11-2-3-12(14)10-13(11)16/h2-3,10,15H,4-9H2,1H3. The zero-order chi connectivity index (χ0) is 12.1. The maximum Gasteiger partial charge on any atom is 0.125 e. The molecule has 17 heavy (non-hydrogen) atoms. The largest absolute Gasteiger partial charge is 0.383 e. The Balaban J connectivity index is 1.82. The van der Waals surface area contributed by atoms with Gasteiger partial charge in [0, 0.05) is 39.0 Å². The minimum Gasteiger partial charge on any atom is -0.383 e. The highest BCUT2D eigenvalue weighted by atomic mass is 19.1. The first-order valence-corrected chi connectivity index (χ1v) is 6.04. The smallest absolute Gasteiger partial charge is 0.125 e. The molecule has 0 atom stereocenters. The van der Waals surface area contributed by atoms with Gasteiger partial charge in [-0.3, -0.25) is 0 Å². The lowest BCUT2D eigenvalue weighted by molar-refractivity contribution is 0.200. The summed E-state index contributed by atoms with van der Waals surface area (Å²) in [5, 5.41) is 3.30.